The molecule has 0 amide bonds. The molecule has 0 aromatic heterocycles. The first-order chi connectivity index (χ1) is 40.4. The molecule has 0 aromatic rings. The highest BCUT2D eigenvalue weighted by Gasteiger charge is 2.30. The molecule has 498 valence electrons. The quantitative estimate of drug-likeness (QED) is 0.0222. The third-order valence-electron chi connectivity index (χ3n) is 15.3. The number of unbranched alkanes of at least 4 members (excludes halogenated alkanes) is 33. The van der Waals surface area contributed by atoms with Crippen molar-refractivity contribution in [2.24, 2.45) is 11.8 Å². The fraction of sp³-hybridized carbons (Fsp3) is 0.938. The maximum atomic E-state index is 13.0. The molecule has 0 fully saturated rings. The summed E-state index contributed by atoms with van der Waals surface area (Å²) >= 11 is 0. The molecular weight excluding hydrogens is 1110 g/mol. The summed E-state index contributed by atoms with van der Waals surface area (Å²) in [6.45, 7) is 9.47. The highest BCUT2D eigenvalue weighted by Crippen LogP contribution is 2.45. The van der Waals surface area contributed by atoms with Crippen molar-refractivity contribution >= 4 is 39.5 Å². The largest absolute Gasteiger partial charge is 0.472 e. The SMILES string of the molecule is CCCCCCCCCCC(=O)OC[C@H](COP(=O)(O)OC[C@H](O)COP(=O)(O)OC[C@@H](COC(=O)CCCCCCCCCCC(C)CC)OC(=O)CCCCCCCCCCCCCCCC(C)C)OC(=O)CCCCCCCCCC. The van der Waals surface area contributed by atoms with Crippen molar-refractivity contribution in [2.45, 2.75) is 342 Å². The van der Waals surface area contributed by atoms with E-state index >= 15 is 0 Å². The van der Waals surface area contributed by atoms with Gasteiger partial charge in [0, 0.05) is 25.7 Å². The zero-order valence-corrected chi connectivity index (χ0v) is 56.0. The molecule has 0 aliphatic rings. The van der Waals surface area contributed by atoms with Crippen molar-refractivity contribution in [3.05, 3.63) is 0 Å². The van der Waals surface area contributed by atoms with Crippen LogP contribution in [0.3, 0.4) is 0 Å². The number of carbonyl (C=O) groups excluding carboxylic acids is 4. The Bertz CT molecular complexity index is 1650. The highest BCUT2D eigenvalue weighted by molar-refractivity contribution is 7.47. The molecule has 0 saturated heterocycles. The van der Waals surface area contributed by atoms with Crippen LogP contribution in [0.5, 0.6) is 0 Å². The topological polar surface area (TPSA) is 237 Å². The Morgan fingerprint density at radius 3 is 0.905 bits per heavy atom. The Hall–Kier alpha value is -1.94. The molecule has 0 saturated carbocycles. The van der Waals surface area contributed by atoms with Gasteiger partial charge in [0.1, 0.15) is 19.3 Å². The van der Waals surface area contributed by atoms with E-state index in [4.69, 9.17) is 37.0 Å². The molecule has 0 spiro atoms. The average Bonchev–Trinajstić information content (AvgIpc) is 3.58. The maximum absolute atomic E-state index is 13.0. The summed E-state index contributed by atoms with van der Waals surface area (Å²) in [4.78, 5) is 72.1. The van der Waals surface area contributed by atoms with Crippen molar-refractivity contribution in [1.82, 2.24) is 0 Å². The standard InChI is InChI=1S/C65H126O17P2/c1-7-10-12-14-16-29-35-41-47-62(67)75-53-60(81-64(69)49-43-37-30-17-15-13-11-8-2)55-79-83(71,72)77-51-59(66)52-78-84(73,74)80-56-61(54-76-63(68)48-42-36-31-26-25-28-34-40-46-58(6)9-3)82-65(70)50-44-38-32-24-22-20-18-19-21-23-27-33-39-45-57(4)5/h57-61,66H,7-56H2,1-6H3,(H,71,72)(H,73,74)/t58?,59-,60+,61+/m0/s1. The number of aliphatic hydroxyl groups is 1. The van der Waals surface area contributed by atoms with E-state index in [9.17, 15) is 43.2 Å². The van der Waals surface area contributed by atoms with Crippen molar-refractivity contribution in [2.75, 3.05) is 39.6 Å². The minimum atomic E-state index is -4.95. The Morgan fingerprint density at radius 1 is 0.345 bits per heavy atom. The van der Waals surface area contributed by atoms with Gasteiger partial charge in [0.05, 0.1) is 26.4 Å². The molecule has 0 heterocycles. The summed E-state index contributed by atoms with van der Waals surface area (Å²) in [5.74, 6) is -0.572. The smallest absolute Gasteiger partial charge is 0.462 e. The lowest BCUT2D eigenvalue weighted by atomic mass is 9.99. The maximum Gasteiger partial charge on any atom is 0.472 e. The van der Waals surface area contributed by atoms with Crippen LogP contribution in [0, 0.1) is 11.8 Å². The van der Waals surface area contributed by atoms with Crippen molar-refractivity contribution < 1.29 is 80.2 Å². The first-order valence-electron chi connectivity index (χ1n) is 34.0. The second-order valence-electron chi connectivity index (χ2n) is 24.2. The van der Waals surface area contributed by atoms with E-state index in [1.54, 1.807) is 0 Å². The van der Waals surface area contributed by atoms with Gasteiger partial charge >= 0.3 is 39.5 Å². The molecule has 0 aliphatic carbocycles. The van der Waals surface area contributed by atoms with Gasteiger partial charge in [-0.05, 0) is 37.5 Å². The minimum absolute atomic E-state index is 0.104. The average molecular weight is 1240 g/mol. The Morgan fingerprint density at radius 2 is 0.607 bits per heavy atom. The van der Waals surface area contributed by atoms with E-state index in [1.807, 2.05) is 0 Å². The van der Waals surface area contributed by atoms with Crippen LogP contribution in [-0.4, -0.2) is 96.7 Å². The Balaban J connectivity index is 5.20. The second kappa shape index (κ2) is 57.5. The molecule has 0 bridgehead atoms. The lowest BCUT2D eigenvalue weighted by Gasteiger charge is -2.21. The van der Waals surface area contributed by atoms with Crippen LogP contribution in [-0.2, 0) is 65.4 Å². The molecule has 6 atom stereocenters. The lowest BCUT2D eigenvalue weighted by molar-refractivity contribution is -0.161. The molecule has 19 heteroatoms. The van der Waals surface area contributed by atoms with Gasteiger partial charge in [-0.2, -0.15) is 0 Å². The van der Waals surface area contributed by atoms with Crippen LogP contribution in [0.1, 0.15) is 324 Å². The summed E-state index contributed by atoms with van der Waals surface area (Å²) in [5.41, 5.74) is 0. The normalized spacial score (nSPS) is 14.6. The van der Waals surface area contributed by atoms with E-state index in [0.29, 0.717) is 25.7 Å². The number of phosphoric acid groups is 2. The zero-order valence-electron chi connectivity index (χ0n) is 54.2. The highest BCUT2D eigenvalue weighted by atomic mass is 31.2. The van der Waals surface area contributed by atoms with Crippen LogP contribution in [0.4, 0.5) is 0 Å². The molecule has 0 aromatic carbocycles. The van der Waals surface area contributed by atoms with Crippen molar-refractivity contribution in [3.8, 4) is 0 Å². The number of rotatable bonds is 64. The lowest BCUT2D eigenvalue weighted by Crippen LogP contribution is -2.30. The van der Waals surface area contributed by atoms with Gasteiger partial charge in [-0.1, -0.05) is 273 Å². The first-order valence-corrected chi connectivity index (χ1v) is 37.0. The van der Waals surface area contributed by atoms with Crippen LogP contribution in [0.25, 0.3) is 0 Å². The van der Waals surface area contributed by atoms with Gasteiger partial charge in [0.25, 0.3) is 0 Å². The fourth-order valence-corrected chi connectivity index (χ4v) is 11.3. The summed E-state index contributed by atoms with van der Waals surface area (Å²) in [6, 6.07) is 0. The third kappa shape index (κ3) is 57.8. The van der Waals surface area contributed by atoms with Crippen LogP contribution in [0.2, 0.25) is 0 Å². The summed E-state index contributed by atoms with van der Waals surface area (Å²) in [5, 5.41) is 10.5. The monoisotopic (exact) mass is 1240 g/mol. The Kier molecular flexibility index (Phi) is 56.2. The van der Waals surface area contributed by atoms with Gasteiger partial charge in [0.15, 0.2) is 12.2 Å². The molecular formula is C65H126O17P2. The number of carbonyl (C=O) groups is 4. The zero-order chi connectivity index (χ0) is 62.2. The van der Waals surface area contributed by atoms with E-state index in [1.165, 1.54) is 128 Å². The van der Waals surface area contributed by atoms with Gasteiger partial charge in [0.2, 0.25) is 0 Å². The summed E-state index contributed by atoms with van der Waals surface area (Å²) in [7, 11) is -9.88. The van der Waals surface area contributed by atoms with E-state index in [2.05, 4.69) is 41.5 Å². The number of esters is 4. The molecule has 0 rings (SSSR count). The molecule has 84 heavy (non-hydrogen) atoms. The van der Waals surface area contributed by atoms with Crippen LogP contribution < -0.4 is 0 Å². The van der Waals surface area contributed by atoms with E-state index in [-0.39, 0.29) is 25.7 Å². The number of hydrogen-bond acceptors (Lipinski definition) is 15. The molecule has 3 unspecified atom stereocenters. The molecule has 0 radical (unpaired) electrons. The van der Waals surface area contributed by atoms with Gasteiger partial charge in [-0.15, -0.1) is 0 Å². The number of aliphatic hydroxyl groups excluding tert-OH is 1. The number of phosphoric ester groups is 2. The van der Waals surface area contributed by atoms with Gasteiger partial charge in [-0.3, -0.25) is 37.3 Å². The number of ether oxygens (including phenoxy) is 4. The first kappa shape index (κ1) is 82.1. The predicted octanol–water partition coefficient (Wildman–Crippen LogP) is 18.0. The van der Waals surface area contributed by atoms with Crippen LogP contribution >= 0.6 is 15.6 Å². The summed E-state index contributed by atoms with van der Waals surface area (Å²) < 4.78 is 67.9. The fourth-order valence-electron chi connectivity index (χ4n) is 9.68. The Labute approximate surface area is 511 Å². The molecule has 17 nitrogen and oxygen atoms in total. The van der Waals surface area contributed by atoms with Crippen molar-refractivity contribution in [1.29, 1.82) is 0 Å². The van der Waals surface area contributed by atoms with Crippen LogP contribution in [0.15, 0.2) is 0 Å². The third-order valence-corrected chi connectivity index (χ3v) is 17.2. The van der Waals surface area contributed by atoms with Gasteiger partial charge in [-0.25, -0.2) is 9.13 Å². The van der Waals surface area contributed by atoms with Crippen molar-refractivity contribution in [3.63, 3.8) is 0 Å². The second-order valence-corrected chi connectivity index (χ2v) is 27.1. The van der Waals surface area contributed by atoms with E-state index < -0.39 is 97.5 Å². The predicted molar refractivity (Wildman–Crippen MR) is 335 cm³/mol. The molecule has 3 N–H and O–H groups in total. The minimum Gasteiger partial charge on any atom is -0.462 e. The summed E-state index contributed by atoms with van der Waals surface area (Å²) in [6.07, 6.45) is 40.3. The van der Waals surface area contributed by atoms with E-state index in [0.717, 1.165) is 115 Å². The number of hydrogen-bond donors (Lipinski definition) is 3. The van der Waals surface area contributed by atoms with Gasteiger partial charge < -0.3 is 33.8 Å². The molecule has 0 aliphatic heterocycles.